The largest absolute Gasteiger partial charge is 0.352 e. The topological polar surface area (TPSA) is 79.4 Å². The van der Waals surface area contributed by atoms with Crippen LogP contribution in [0.25, 0.3) is 0 Å². The first kappa shape index (κ1) is 17.8. The molecule has 0 saturated carbocycles. The molecule has 6 nitrogen and oxygen atoms in total. The minimum absolute atomic E-state index is 0.0518. The van der Waals surface area contributed by atoms with E-state index in [0.717, 1.165) is 5.56 Å². The maximum Gasteiger partial charge on any atom is 0.244 e. The van der Waals surface area contributed by atoms with Gasteiger partial charge in [-0.15, -0.1) is 0 Å². The summed E-state index contributed by atoms with van der Waals surface area (Å²) in [5.41, 5.74) is 0.815. The molecule has 1 aromatic heterocycles. The average molecular weight is 380 g/mol. The molecule has 132 valence electrons. The van der Waals surface area contributed by atoms with Crippen LogP contribution >= 0.6 is 11.6 Å². The molecule has 0 unspecified atom stereocenters. The highest BCUT2D eigenvalue weighted by Crippen LogP contribution is 2.26. The van der Waals surface area contributed by atoms with Gasteiger partial charge in [-0.2, -0.15) is 4.31 Å². The van der Waals surface area contributed by atoms with E-state index < -0.39 is 10.0 Å². The van der Waals surface area contributed by atoms with Gasteiger partial charge >= 0.3 is 0 Å². The number of benzene rings is 1. The fraction of sp³-hybridized carbons (Fsp3) is 0.294. The van der Waals surface area contributed by atoms with Crippen molar-refractivity contribution in [1.82, 2.24) is 14.6 Å². The van der Waals surface area contributed by atoms with Crippen molar-refractivity contribution >= 4 is 27.5 Å². The van der Waals surface area contributed by atoms with Gasteiger partial charge in [0.2, 0.25) is 15.9 Å². The number of nitrogens with one attached hydrogen (secondary N) is 1. The summed E-state index contributed by atoms with van der Waals surface area (Å²) < 4.78 is 27.6. The third kappa shape index (κ3) is 4.18. The second-order valence-electron chi connectivity index (χ2n) is 5.89. The third-order valence-electron chi connectivity index (χ3n) is 4.07. The number of pyridine rings is 1. The molecule has 0 spiro atoms. The van der Waals surface area contributed by atoms with Gasteiger partial charge in [0, 0.05) is 37.9 Å². The van der Waals surface area contributed by atoms with E-state index in [2.05, 4.69) is 10.3 Å². The maximum atomic E-state index is 13.1. The Balaban J connectivity index is 1.92. The molecule has 1 atom stereocenters. The lowest BCUT2D eigenvalue weighted by molar-refractivity contribution is -0.119. The third-order valence-corrected chi connectivity index (χ3v) is 6.38. The second-order valence-corrected chi connectivity index (χ2v) is 8.20. The molecular weight excluding hydrogens is 362 g/mol. The Morgan fingerprint density at radius 2 is 1.92 bits per heavy atom. The summed E-state index contributed by atoms with van der Waals surface area (Å²) in [6.07, 6.45) is 4.27. The fourth-order valence-electron chi connectivity index (χ4n) is 2.79. The highest BCUT2D eigenvalue weighted by atomic mass is 35.5. The predicted molar refractivity (Wildman–Crippen MR) is 94.4 cm³/mol. The van der Waals surface area contributed by atoms with Crippen molar-refractivity contribution < 1.29 is 13.2 Å². The number of carbonyl (C=O) groups excluding carboxylic acids is 1. The SMILES string of the molecule is O=C1CC[C@@H](CN(Cc2ccncc2)S(=O)(=O)c2ccccc2Cl)N1. The van der Waals surface area contributed by atoms with E-state index in [1.807, 2.05) is 0 Å². The molecule has 3 rings (SSSR count). The van der Waals surface area contributed by atoms with Crippen LogP contribution in [0.15, 0.2) is 53.7 Å². The monoisotopic (exact) mass is 379 g/mol. The molecule has 1 N–H and O–H groups in total. The minimum atomic E-state index is -3.81. The van der Waals surface area contributed by atoms with Crippen LogP contribution in [0.5, 0.6) is 0 Å². The van der Waals surface area contributed by atoms with Crippen molar-refractivity contribution in [3.63, 3.8) is 0 Å². The molecular formula is C17H18ClN3O3S. The normalized spacial score (nSPS) is 17.7. The van der Waals surface area contributed by atoms with Crippen LogP contribution in [0.3, 0.4) is 0 Å². The Morgan fingerprint density at radius 3 is 2.56 bits per heavy atom. The highest BCUT2D eigenvalue weighted by Gasteiger charge is 2.31. The van der Waals surface area contributed by atoms with Crippen LogP contribution in [0.4, 0.5) is 0 Å². The fourth-order valence-corrected chi connectivity index (χ4v) is 4.76. The zero-order valence-corrected chi connectivity index (χ0v) is 15.0. The van der Waals surface area contributed by atoms with Gasteiger partial charge in [0.25, 0.3) is 0 Å². The number of sulfonamides is 1. The molecule has 1 saturated heterocycles. The van der Waals surface area contributed by atoms with Gasteiger partial charge < -0.3 is 5.32 Å². The second kappa shape index (κ2) is 7.51. The summed E-state index contributed by atoms with van der Waals surface area (Å²) in [6, 6.07) is 9.70. The lowest BCUT2D eigenvalue weighted by atomic mass is 10.2. The number of hydrogen-bond acceptors (Lipinski definition) is 4. The first-order valence-corrected chi connectivity index (χ1v) is 9.71. The number of amides is 1. The van der Waals surface area contributed by atoms with Crippen molar-refractivity contribution in [2.45, 2.75) is 30.3 Å². The van der Waals surface area contributed by atoms with Crippen LogP contribution in [0.1, 0.15) is 18.4 Å². The molecule has 1 aliphatic heterocycles. The Hall–Kier alpha value is -1.96. The number of halogens is 1. The van der Waals surface area contributed by atoms with E-state index >= 15 is 0 Å². The quantitative estimate of drug-likeness (QED) is 0.834. The maximum absolute atomic E-state index is 13.1. The predicted octanol–water partition coefficient (Wildman–Crippen LogP) is 2.20. The first-order valence-electron chi connectivity index (χ1n) is 7.90. The number of rotatable bonds is 6. The van der Waals surface area contributed by atoms with Gasteiger partial charge in [-0.05, 0) is 36.2 Å². The van der Waals surface area contributed by atoms with Crippen molar-refractivity contribution in [3.8, 4) is 0 Å². The van der Waals surface area contributed by atoms with Crippen LogP contribution in [0.2, 0.25) is 5.02 Å². The molecule has 0 aliphatic carbocycles. The van der Waals surface area contributed by atoms with Gasteiger partial charge in [-0.1, -0.05) is 23.7 Å². The molecule has 1 amide bonds. The summed E-state index contributed by atoms with van der Waals surface area (Å²) in [5, 5.41) is 3.00. The highest BCUT2D eigenvalue weighted by molar-refractivity contribution is 7.89. The van der Waals surface area contributed by atoms with Gasteiger partial charge in [-0.3, -0.25) is 9.78 Å². The van der Waals surface area contributed by atoms with Gasteiger partial charge in [0.05, 0.1) is 5.02 Å². The Bertz CT molecular complexity index is 858. The van der Waals surface area contributed by atoms with E-state index in [0.29, 0.717) is 12.8 Å². The van der Waals surface area contributed by atoms with Crippen LogP contribution < -0.4 is 5.32 Å². The number of carbonyl (C=O) groups is 1. The zero-order chi connectivity index (χ0) is 17.9. The van der Waals surface area contributed by atoms with Crippen LogP contribution in [-0.2, 0) is 21.4 Å². The number of aromatic nitrogens is 1. The summed E-state index contributed by atoms with van der Waals surface area (Å²) in [7, 11) is -3.81. The van der Waals surface area contributed by atoms with Crippen molar-refractivity contribution in [2.75, 3.05) is 6.54 Å². The molecule has 0 radical (unpaired) electrons. The molecule has 2 heterocycles. The lowest BCUT2D eigenvalue weighted by Gasteiger charge is -2.25. The number of hydrogen-bond donors (Lipinski definition) is 1. The summed E-state index contributed by atoms with van der Waals surface area (Å²) in [6.45, 7) is 0.379. The van der Waals surface area contributed by atoms with Crippen molar-refractivity contribution in [1.29, 1.82) is 0 Å². The lowest BCUT2D eigenvalue weighted by Crippen LogP contribution is -2.41. The van der Waals surface area contributed by atoms with E-state index in [9.17, 15) is 13.2 Å². The smallest absolute Gasteiger partial charge is 0.244 e. The summed E-state index contributed by atoms with van der Waals surface area (Å²) in [5.74, 6) is -0.0518. The Kier molecular flexibility index (Phi) is 5.36. The summed E-state index contributed by atoms with van der Waals surface area (Å²) in [4.78, 5) is 15.5. The van der Waals surface area contributed by atoms with Gasteiger partial charge in [-0.25, -0.2) is 8.42 Å². The summed E-state index contributed by atoms with van der Waals surface area (Å²) >= 11 is 6.11. The Labute approximate surface area is 151 Å². The van der Waals surface area contributed by atoms with Gasteiger partial charge in [0.1, 0.15) is 4.90 Å². The van der Waals surface area contributed by atoms with E-state index in [4.69, 9.17) is 11.6 Å². The van der Waals surface area contributed by atoms with Crippen LogP contribution in [0, 0.1) is 0 Å². The number of nitrogens with zero attached hydrogens (tertiary/aromatic N) is 2. The Morgan fingerprint density at radius 1 is 1.20 bits per heavy atom. The van der Waals surface area contributed by atoms with Gasteiger partial charge in [0.15, 0.2) is 0 Å². The van der Waals surface area contributed by atoms with Crippen molar-refractivity contribution in [3.05, 3.63) is 59.4 Å². The minimum Gasteiger partial charge on any atom is -0.352 e. The van der Waals surface area contributed by atoms with E-state index in [1.54, 1.807) is 42.7 Å². The molecule has 8 heteroatoms. The molecule has 2 aromatic rings. The van der Waals surface area contributed by atoms with Crippen molar-refractivity contribution in [2.24, 2.45) is 0 Å². The van der Waals surface area contributed by atoms with E-state index in [-0.39, 0.29) is 35.0 Å². The molecule has 1 aliphatic rings. The first-order chi connectivity index (χ1) is 12.0. The van der Waals surface area contributed by atoms with Crippen LogP contribution in [-0.4, -0.2) is 36.2 Å². The average Bonchev–Trinajstić information content (AvgIpc) is 3.00. The standard InChI is InChI=1S/C17H18ClN3O3S/c18-15-3-1-2-4-16(15)25(23,24)21(11-13-7-9-19-10-8-13)12-14-5-6-17(22)20-14/h1-4,7-10,14H,5-6,11-12H2,(H,20,22)/t14-/m0/s1. The molecule has 25 heavy (non-hydrogen) atoms. The molecule has 1 fully saturated rings. The zero-order valence-electron chi connectivity index (χ0n) is 13.4. The molecule has 1 aromatic carbocycles. The van der Waals surface area contributed by atoms with E-state index in [1.165, 1.54) is 10.4 Å². The molecule has 0 bridgehead atoms.